The van der Waals surface area contributed by atoms with Crippen molar-refractivity contribution in [3.63, 3.8) is 0 Å². The minimum Gasteiger partial charge on any atom is -0.450 e. The number of rotatable bonds is 7. The maximum Gasteiger partial charge on any atom is 0.409 e. The molecule has 192 valence electrons. The van der Waals surface area contributed by atoms with Crippen LogP contribution in [0, 0.1) is 0 Å². The Hall–Kier alpha value is -3.78. The zero-order valence-electron chi connectivity index (χ0n) is 20.1. The number of carbonyl (C=O) groups is 2. The van der Waals surface area contributed by atoms with Gasteiger partial charge in [0.05, 0.1) is 11.5 Å². The van der Waals surface area contributed by atoms with E-state index in [1.54, 1.807) is 23.9 Å². The zero-order valence-corrected chi connectivity index (χ0v) is 20.9. The van der Waals surface area contributed by atoms with E-state index in [0.29, 0.717) is 5.69 Å². The molecule has 36 heavy (non-hydrogen) atoms. The highest BCUT2D eigenvalue weighted by Crippen LogP contribution is 2.21. The Kier molecular flexibility index (Phi) is 7.35. The highest BCUT2D eigenvalue weighted by molar-refractivity contribution is 7.89. The highest BCUT2D eigenvalue weighted by atomic mass is 32.2. The average Bonchev–Trinajstić information content (AvgIpc) is 3.54. The number of piperazine rings is 1. The monoisotopic (exact) mass is 517 g/mol. The number of sulfonamides is 1. The second kappa shape index (κ2) is 10.5. The van der Waals surface area contributed by atoms with Gasteiger partial charge in [0, 0.05) is 44.0 Å². The average molecular weight is 518 g/mol. The molecule has 0 radical (unpaired) electrons. The van der Waals surface area contributed by atoms with E-state index in [9.17, 15) is 18.0 Å². The van der Waals surface area contributed by atoms with Crippen LogP contribution in [-0.2, 0) is 14.8 Å². The van der Waals surface area contributed by atoms with E-state index >= 15 is 0 Å². The van der Waals surface area contributed by atoms with E-state index in [4.69, 9.17) is 9.15 Å². The summed E-state index contributed by atoms with van der Waals surface area (Å²) in [5.74, 6) is -0.376. The van der Waals surface area contributed by atoms with Gasteiger partial charge in [-0.2, -0.15) is 9.40 Å². The van der Waals surface area contributed by atoms with Gasteiger partial charge in [0.15, 0.2) is 0 Å². The molecular formula is C22H27N7O6S. The molecule has 1 N–H and O–H groups in total. The Bertz CT molecular complexity index is 1320. The van der Waals surface area contributed by atoms with Gasteiger partial charge in [-0.15, -0.1) is 5.10 Å². The van der Waals surface area contributed by atoms with Crippen LogP contribution in [0.3, 0.4) is 0 Å². The van der Waals surface area contributed by atoms with E-state index in [2.05, 4.69) is 20.6 Å². The number of ether oxygens (including phenoxy) is 1. The van der Waals surface area contributed by atoms with E-state index in [0.717, 1.165) is 0 Å². The van der Waals surface area contributed by atoms with Gasteiger partial charge < -0.3 is 14.1 Å². The summed E-state index contributed by atoms with van der Waals surface area (Å²) in [4.78, 5) is 26.0. The van der Waals surface area contributed by atoms with Gasteiger partial charge in [-0.1, -0.05) is 5.10 Å². The van der Waals surface area contributed by atoms with Crippen LogP contribution in [0.4, 0.5) is 10.8 Å². The Balaban J connectivity index is 1.38. The summed E-state index contributed by atoms with van der Waals surface area (Å²) in [5.41, 5.74) is 0.694. The number of aromatic nitrogens is 4. The molecule has 0 aliphatic carbocycles. The van der Waals surface area contributed by atoms with Crippen LogP contribution in [-0.4, -0.2) is 82.4 Å². The third-order valence-corrected chi connectivity index (χ3v) is 7.43. The second-order valence-corrected chi connectivity index (χ2v) is 10.2. The van der Waals surface area contributed by atoms with Crippen molar-refractivity contribution in [3.8, 4) is 11.6 Å². The molecule has 2 aromatic heterocycles. The summed E-state index contributed by atoms with van der Waals surface area (Å²) in [6, 6.07) is 7.32. The number of benzene rings is 1. The quantitative estimate of drug-likeness (QED) is 0.497. The summed E-state index contributed by atoms with van der Waals surface area (Å²) in [5, 5.41) is 14.6. The number of nitrogens with zero attached hydrogens (tertiary/aromatic N) is 6. The number of hydrogen-bond acceptors (Lipinski definition) is 9. The van der Waals surface area contributed by atoms with Gasteiger partial charge in [-0.3, -0.25) is 14.8 Å². The number of anilines is 1. The Morgan fingerprint density at radius 1 is 1.08 bits per heavy atom. The maximum absolute atomic E-state index is 13.0. The molecule has 0 unspecified atom stereocenters. The van der Waals surface area contributed by atoms with Crippen LogP contribution >= 0.6 is 0 Å². The minimum absolute atomic E-state index is 0.0458. The molecule has 0 atom stereocenters. The lowest BCUT2D eigenvalue weighted by Crippen LogP contribution is -2.50. The fourth-order valence-corrected chi connectivity index (χ4v) is 4.96. The standard InChI is InChI=1S/C22H27N7O6S/c1-4-34-22(31)27-11-13-28(14-12-27)36(32,33)17-7-5-16(6-8-17)19(30)23-21-25-24-20(35-21)18-9-10-29(26-18)15(2)3/h5-10,15H,4,11-14H2,1-3H3,(H,23,25,30). The van der Waals surface area contributed by atoms with E-state index in [1.807, 2.05) is 13.8 Å². The van der Waals surface area contributed by atoms with Crippen LogP contribution in [0.25, 0.3) is 11.6 Å². The Labute approximate surface area is 208 Å². The molecule has 0 saturated carbocycles. The van der Waals surface area contributed by atoms with Crippen molar-refractivity contribution in [1.82, 2.24) is 29.2 Å². The zero-order chi connectivity index (χ0) is 25.9. The van der Waals surface area contributed by atoms with E-state index in [1.165, 1.54) is 33.5 Å². The Morgan fingerprint density at radius 3 is 2.39 bits per heavy atom. The molecule has 0 bridgehead atoms. The molecule has 3 aromatic rings. The topological polar surface area (TPSA) is 153 Å². The summed E-state index contributed by atoms with van der Waals surface area (Å²) in [6.07, 6.45) is 1.33. The smallest absolute Gasteiger partial charge is 0.409 e. The third kappa shape index (κ3) is 5.39. The summed E-state index contributed by atoms with van der Waals surface area (Å²) >= 11 is 0. The molecule has 0 spiro atoms. The SMILES string of the molecule is CCOC(=O)N1CCN(S(=O)(=O)c2ccc(C(=O)Nc3nnc(-c4ccn(C(C)C)n4)o3)cc2)CC1. The van der Waals surface area contributed by atoms with Crippen LogP contribution in [0.15, 0.2) is 45.8 Å². The van der Waals surface area contributed by atoms with Crippen molar-refractivity contribution in [1.29, 1.82) is 0 Å². The van der Waals surface area contributed by atoms with E-state index < -0.39 is 22.0 Å². The molecule has 14 heteroatoms. The van der Waals surface area contributed by atoms with Gasteiger partial charge in [-0.05, 0) is 51.1 Å². The molecule has 4 rings (SSSR count). The predicted molar refractivity (Wildman–Crippen MR) is 128 cm³/mol. The lowest BCUT2D eigenvalue weighted by molar-refractivity contribution is 0.0933. The second-order valence-electron chi connectivity index (χ2n) is 8.26. The number of hydrogen-bond donors (Lipinski definition) is 1. The van der Waals surface area contributed by atoms with Crippen molar-refractivity contribution in [2.24, 2.45) is 0 Å². The normalized spacial score (nSPS) is 14.7. The molecule has 2 amide bonds. The van der Waals surface area contributed by atoms with Crippen LogP contribution in [0.1, 0.15) is 37.2 Å². The lowest BCUT2D eigenvalue weighted by atomic mass is 10.2. The first kappa shape index (κ1) is 25.3. The van der Waals surface area contributed by atoms with Gasteiger partial charge >= 0.3 is 12.1 Å². The fraction of sp³-hybridized carbons (Fsp3) is 0.409. The summed E-state index contributed by atoms with van der Waals surface area (Å²) < 4.78 is 39.5. The maximum atomic E-state index is 13.0. The van der Waals surface area contributed by atoms with Crippen molar-refractivity contribution in [2.75, 3.05) is 38.1 Å². The first-order valence-electron chi connectivity index (χ1n) is 11.4. The molecule has 13 nitrogen and oxygen atoms in total. The summed E-state index contributed by atoms with van der Waals surface area (Å²) in [7, 11) is -3.78. The van der Waals surface area contributed by atoms with Crippen molar-refractivity contribution in [3.05, 3.63) is 42.1 Å². The third-order valence-electron chi connectivity index (χ3n) is 5.52. The van der Waals surface area contributed by atoms with Crippen LogP contribution in [0.5, 0.6) is 0 Å². The first-order chi connectivity index (χ1) is 17.2. The fourth-order valence-electron chi connectivity index (χ4n) is 3.54. The lowest BCUT2D eigenvalue weighted by Gasteiger charge is -2.33. The Morgan fingerprint density at radius 2 is 1.78 bits per heavy atom. The number of amides is 2. The van der Waals surface area contributed by atoms with Crippen molar-refractivity contribution < 1.29 is 27.2 Å². The van der Waals surface area contributed by atoms with Crippen LogP contribution < -0.4 is 5.32 Å². The number of nitrogens with one attached hydrogen (secondary N) is 1. The molecule has 1 saturated heterocycles. The number of carbonyl (C=O) groups excluding carboxylic acids is 2. The molecule has 1 aliphatic rings. The van der Waals surface area contributed by atoms with Crippen molar-refractivity contribution in [2.45, 2.75) is 31.7 Å². The summed E-state index contributed by atoms with van der Waals surface area (Å²) in [6.45, 7) is 6.72. The first-order valence-corrected chi connectivity index (χ1v) is 12.9. The molecule has 3 heterocycles. The highest BCUT2D eigenvalue weighted by Gasteiger charge is 2.30. The van der Waals surface area contributed by atoms with Crippen LogP contribution in [0.2, 0.25) is 0 Å². The molecular weight excluding hydrogens is 490 g/mol. The minimum atomic E-state index is -3.78. The largest absolute Gasteiger partial charge is 0.450 e. The van der Waals surface area contributed by atoms with Gasteiger partial charge in [0.2, 0.25) is 10.0 Å². The van der Waals surface area contributed by atoms with Gasteiger partial charge in [0.25, 0.3) is 11.8 Å². The molecule has 1 aliphatic heterocycles. The molecule has 1 fully saturated rings. The van der Waals surface area contributed by atoms with Gasteiger partial charge in [0.1, 0.15) is 5.69 Å². The predicted octanol–water partition coefficient (Wildman–Crippen LogP) is 2.23. The van der Waals surface area contributed by atoms with Crippen molar-refractivity contribution >= 4 is 28.0 Å². The van der Waals surface area contributed by atoms with E-state index in [-0.39, 0.29) is 61.2 Å². The molecule has 1 aromatic carbocycles. The van der Waals surface area contributed by atoms with Gasteiger partial charge in [-0.25, -0.2) is 13.2 Å².